The molecule has 3 aliphatic carbocycles. The fourth-order valence-electron chi connectivity index (χ4n) is 11.4. The van der Waals surface area contributed by atoms with E-state index in [1.807, 2.05) is 13.8 Å². The standard InChI is InChI=1S/C62H49N3.C2H6/c1-40-14-12-22-51-54-37-49(30-33-59(54)65(61(40)51)47-19-8-5-9-20-47)64-58-32-27-46(36-53(58)55-38-62(2,3)39-60(55)64)45-26-31-57-52(35-45)50-21-10-11-23-56(50)63(57)48-28-24-42(25-29-48)44-18-13-17-43(34-44)41-15-6-4-7-16-41;1-2/h4-13,15-19,21-40,47H,14,20H2,1-3H3;1-2H3. The molecular weight excluding hydrogens is 811 g/mol. The van der Waals surface area contributed by atoms with Crippen LogP contribution in [0.5, 0.6) is 0 Å². The largest absolute Gasteiger partial charge is 0.336 e. The van der Waals surface area contributed by atoms with Gasteiger partial charge in [-0.1, -0.05) is 174 Å². The first-order valence-electron chi connectivity index (χ1n) is 24.3. The summed E-state index contributed by atoms with van der Waals surface area (Å²) in [5.74, 6) is 0.473. The summed E-state index contributed by atoms with van der Waals surface area (Å²) in [7, 11) is 0. The average Bonchev–Trinajstić information content (AvgIpc) is 4.09. The van der Waals surface area contributed by atoms with Gasteiger partial charge in [0.15, 0.2) is 0 Å². The Labute approximate surface area is 393 Å². The molecule has 2 atom stereocenters. The van der Waals surface area contributed by atoms with E-state index >= 15 is 0 Å². The average molecular weight is 866 g/mol. The summed E-state index contributed by atoms with van der Waals surface area (Å²) >= 11 is 0. The summed E-state index contributed by atoms with van der Waals surface area (Å²) in [5.41, 5.74) is 17.5. The van der Waals surface area contributed by atoms with E-state index in [2.05, 4.69) is 241 Å². The van der Waals surface area contributed by atoms with Crippen LogP contribution in [0.15, 0.2) is 188 Å². The van der Waals surface area contributed by atoms with Gasteiger partial charge in [0.25, 0.3) is 0 Å². The van der Waals surface area contributed by atoms with Gasteiger partial charge < -0.3 is 13.7 Å². The van der Waals surface area contributed by atoms with E-state index in [9.17, 15) is 0 Å². The molecule has 3 heterocycles. The molecule has 3 nitrogen and oxygen atoms in total. The van der Waals surface area contributed by atoms with Crippen LogP contribution >= 0.6 is 0 Å². The van der Waals surface area contributed by atoms with Gasteiger partial charge in [0.2, 0.25) is 0 Å². The van der Waals surface area contributed by atoms with Gasteiger partial charge in [0.05, 0.1) is 27.9 Å². The Bertz CT molecular complexity index is 3800. The van der Waals surface area contributed by atoms with Gasteiger partial charge in [-0.2, -0.15) is 0 Å². The normalized spacial score (nSPS) is 16.8. The molecule has 0 saturated carbocycles. The van der Waals surface area contributed by atoms with Crippen molar-refractivity contribution in [3.8, 4) is 44.8 Å². The highest BCUT2D eigenvalue weighted by Crippen LogP contribution is 2.42. The van der Waals surface area contributed by atoms with Crippen molar-refractivity contribution in [2.45, 2.75) is 59.4 Å². The number of hydrogen-bond acceptors (Lipinski definition) is 0. The number of fused-ring (bicyclic) bond motifs is 9. The summed E-state index contributed by atoms with van der Waals surface area (Å²) in [6.45, 7) is 11.0. The van der Waals surface area contributed by atoms with Crippen LogP contribution in [0.3, 0.4) is 0 Å². The third-order valence-electron chi connectivity index (χ3n) is 14.4. The molecule has 10 aromatic rings. The minimum atomic E-state index is -0.0483. The van der Waals surface area contributed by atoms with Crippen LogP contribution in [-0.4, -0.2) is 13.7 Å². The van der Waals surface area contributed by atoms with Gasteiger partial charge >= 0.3 is 0 Å². The molecule has 0 fully saturated rings. The predicted octanol–water partition coefficient (Wildman–Crippen LogP) is 15.9. The molecule has 0 bridgehead atoms. The van der Waals surface area contributed by atoms with Gasteiger partial charge in [-0.3, -0.25) is 0 Å². The Balaban J connectivity index is 0.00000231. The fraction of sp³-hybridized carbons (Fsp3) is 0.156. The second kappa shape index (κ2) is 16.1. The van der Waals surface area contributed by atoms with Crippen LogP contribution in [0.2, 0.25) is 0 Å². The fourth-order valence-corrected chi connectivity index (χ4v) is 11.4. The maximum atomic E-state index is 2.63. The minimum Gasteiger partial charge on any atom is -0.336 e. The molecule has 0 amide bonds. The predicted molar refractivity (Wildman–Crippen MR) is 287 cm³/mol. The molecule has 3 aliphatic rings. The number of nitrogens with zero attached hydrogens (tertiary/aromatic N) is 3. The first kappa shape index (κ1) is 40.9. The zero-order valence-electron chi connectivity index (χ0n) is 39.0. The molecule has 13 rings (SSSR count). The van der Waals surface area contributed by atoms with Gasteiger partial charge in [0.1, 0.15) is 0 Å². The lowest BCUT2D eigenvalue weighted by Gasteiger charge is -2.24. The Hall–Kier alpha value is -7.62. The maximum absolute atomic E-state index is 2.63. The number of aromatic nitrogens is 3. The maximum Gasteiger partial charge on any atom is 0.0557 e. The monoisotopic (exact) mass is 865 g/mol. The van der Waals surface area contributed by atoms with Gasteiger partial charge in [-0.25, -0.2) is 0 Å². The number of rotatable bonds is 6. The van der Waals surface area contributed by atoms with E-state index in [1.165, 1.54) is 105 Å². The van der Waals surface area contributed by atoms with Crippen molar-refractivity contribution in [1.82, 2.24) is 13.7 Å². The molecule has 0 aliphatic heterocycles. The van der Waals surface area contributed by atoms with Gasteiger partial charge in [-0.15, -0.1) is 0 Å². The summed E-state index contributed by atoms with van der Waals surface area (Å²) in [4.78, 5) is 0. The molecule has 0 N–H and O–H groups in total. The second-order valence-corrected chi connectivity index (χ2v) is 19.1. The Morgan fingerprint density at radius 2 is 1.10 bits per heavy atom. The highest BCUT2D eigenvalue weighted by Gasteiger charge is 2.27. The molecule has 7 aromatic carbocycles. The van der Waals surface area contributed by atoms with E-state index in [1.54, 1.807) is 0 Å². The summed E-state index contributed by atoms with van der Waals surface area (Å²) in [6.07, 6.45) is 20.9. The zero-order valence-corrected chi connectivity index (χ0v) is 39.0. The van der Waals surface area contributed by atoms with Crippen LogP contribution < -0.4 is 10.6 Å². The Morgan fingerprint density at radius 3 is 1.87 bits per heavy atom. The van der Waals surface area contributed by atoms with Crippen molar-refractivity contribution in [1.29, 1.82) is 0 Å². The summed E-state index contributed by atoms with van der Waals surface area (Å²) in [5, 5.41) is 7.76. The number of benzene rings is 7. The number of hydrogen-bond donors (Lipinski definition) is 0. The summed E-state index contributed by atoms with van der Waals surface area (Å²) < 4.78 is 7.57. The number of para-hydroxylation sites is 1. The van der Waals surface area contributed by atoms with E-state index in [0.717, 1.165) is 18.5 Å². The SMILES string of the molecule is CC.CC1CC=Cc2c1n(C1C=CC=CC1)c1ccc(-n3c4c(c5cc(-c6ccc7c(c6)c6ccccc6n7-c6ccc(-c7cccc(-c8ccccc8)c7)cc6)ccc53)=CC(C)(C)C=4)cc21. The molecule has 67 heavy (non-hydrogen) atoms. The highest BCUT2D eigenvalue weighted by molar-refractivity contribution is 6.10. The van der Waals surface area contributed by atoms with Crippen molar-refractivity contribution in [3.05, 3.63) is 210 Å². The van der Waals surface area contributed by atoms with E-state index < -0.39 is 0 Å². The second-order valence-electron chi connectivity index (χ2n) is 19.1. The van der Waals surface area contributed by atoms with E-state index in [-0.39, 0.29) is 5.41 Å². The lowest BCUT2D eigenvalue weighted by molar-refractivity contribution is 0.570. The molecule has 3 heteroatoms. The Kier molecular flexibility index (Phi) is 9.80. The van der Waals surface area contributed by atoms with E-state index in [4.69, 9.17) is 0 Å². The van der Waals surface area contributed by atoms with Crippen molar-refractivity contribution in [2.24, 2.45) is 5.41 Å². The topological polar surface area (TPSA) is 14.8 Å². The first-order valence-corrected chi connectivity index (χ1v) is 24.3. The van der Waals surface area contributed by atoms with Crippen LogP contribution in [-0.2, 0) is 0 Å². The number of allylic oxidation sites excluding steroid dienone is 5. The lowest BCUT2D eigenvalue weighted by Crippen LogP contribution is -2.25. The third kappa shape index (κ3) is 6.70. The molecule has 0 spiro atoms. The molecule has 0 saturated heterocycles. The molecule has 3 aromatic heterocycles. The van der Waals surface area contributed by atoms with Crippen molar-refractivity contribution >= 4 is 61.8 Å². The van der Waals surface area contributed by atoms with Crippen molar-refractivity contribution in [2.75, 3.05) is 0 Å². The smallest absolute Gasteiger partial charge is 0.0557 e. The Morgan fingerprint density at radius 1 is 0.478 bits per heavy atom. The van der Waals surface area contributed by atoms with E-state index in [0.29, 0.717) is 12.0 Å². The van der Waals surface area contributed by atoms with Crippen LogP contribution in [0.25, 0.3) is 107 Å². The molecule has 326 valence electrons. The third-order valence-corrected chi connectivity index (χ3v) is 14.4. The van der Waals surface area contributed by atoms with Crippen LogP contribution in [0.1, 0.15) is 70.7 Å². The van der Waals surface area contributed by atoms with Gasteiger partial charge in [0, 0.05) is 66.2 Å². The highest BCUT2D eigenvalue weighted by atomic mass is 15.0. The molecule has 2 unspecified atom stereocenters. The van der Waals surface area contributed by atoms with Crippen molar-refractivity contribution < 1.29 is 0 Å². The van der Waals surface area contributed by atoms with Crippen molar-refractivity contribution in [3.63, 3.8) is 0 Å². The molecule has 0 radical (unpaired) electrons. The minimum absolute atomic E-state index is 0.0483. The molecular formula is C64H55N3. The van der Waals surface area contributed by atoms with Crippen LogP contribution in [0.4, 0.5) is 0 Å². The zero-order chi connectivity index (χ0) is 45.4. The lowest BCUT2D eigenvalue weighted by atomic mass is 9.92. The first-order chi connectivity index (χ1) is 32.9. The quantitative estimate of drug-likeness (QED) is 0.158. The summed E-state index contributed by atoms with van der Waals surface area (Å²) in [6, 6.07) is 59.1. The van der Waals surface area contributed by atoms with Crippen LogP contribution in [0, 0.1) is 5.41 Å². The van der Waals surface area contributed by atoms with Gasteiger partial charge in [-0.05, 0) is 113 Å².